The van der Waals surface area contributed by atoms with Gasteiger partial charge in [-0.25, -0.2) is 4.52 Å². The van der Waals surface area contributed by atoms with Gasteiger partial charge in [-0.15, -0.1) is 0 Å². The van der Waals surface area contributed by atoms with Crippen LogP contribution in [0.2, 0.25) is 0 Å². The van der Waals surface area contributed by atoms with Crippen LogP contribution in [0.5, 0.6) is 0 Å². The average molecular weight is 233 g/mol. The van der Waals surface area contributed by atoms with Crippen LogP contribution in [-0.4, -0.2) is 14.6 Å². The smallest absolute Gasteiger partial charge is 0.0667 e. The first-order valence-corrected chi connectivity index (χ1v) is 6.00. The highest BCUT2D eigenvalue weighted by atomic mass is 15.2. The number of aromatic nitrogens is 3. The molecule has 0 saturated carbocycles. The third kappa shape index (κ3) is 1.31. The van der Waals surface area contributed by atoms with Crippen molar-refractivity contribution in [2.45, 2.75) is 6.42 Å². The van der Waals surface area contributed by atoms with E-state index in [1.807, 2.05) is 35.2 Å². The second-order valence-electron chi connectivity index (χ2n) is 4.44. The first kappa shape index (κ1) is 9.59. The SMILES string of the molecule is C1=C(c2ccn3nccc3c2)c2cccnc2C1. The lowest BCUT2D eigenvalue weighted by atomic mass is 10.0. The molecule has 0 spiro atoms. The minimum Gasteiger partial charge on any atom is -0.260 e. The molecule has 3 aromatic rings. The molecule has 3 nitrogen and oxygen atoms in total. The van der Waals surface area contributed by atoms with Gasteiger partial charge in [0, 0.05) is 30.6 Å². The maximum Gasteiger partial charge on any atom is 0.0667 e. The molecule has 18 heavy (non-hydrogen) atoms. The van der Waals surface area contributed by atoms with Crippen molar-refractivity contribution in [1.29, 1.82) is 0 Å². The third-order valence-corrected chi connectivity index (χ3v) is 3.39. The Bertz CT molecular complexity index is 768. The summed E-state index contributed by atoms with van der Waals surface area (Å²) in [6.45, 7) is 0. The van der Waals surface area contributed by atoms with Crippen LogP contribution in [0.4, 0.5) is 0 Å². The Morgan fingerprint density at radius 1 is 1.11 bits per heavy atom. The molecule has 0 atom stereocenters. The Balaban J connectivity index is 1.89. The minimum absolute atomic E-state index is 0.927. The zero-order valence-corrected chi connectivity index (χ0v) is 9.74. The summed E-state index contributed by atoms with van der Waals surface area (Å²) >= 11 is 0. The fourth-order valence-electron chi connectivity index (χ4n) is 2.52. The minimum atomic E-state index is 0.927. The van der Waals surface area contributed by atoms with Crippen LogP contribution in [0.3, 0.4) is 0 Å². The van der Waals surface area contributed by atoms with Crippen LogP contribution in [0.25, 0.3) is 11.1 Å². The van der Waals surface area contributed by atoms with Gasteiger partial charge in [-0.1, -0.05) is 12.1 Å². The van der Waals surface area contributed by atoms with Gasteiger partial charge in [-0.3, -0.25) is 4.98 Å². The molecule has 3 aromatic heterocycles. The summed E-state index contributed by atoms with van der Waals surface area (Å²) in [4.78, 5) is 4.42. The van der Waals surface area contributed by atoms with Gasteiger partial charge in [0.05, 0.1) is 11.2 Å². The molecule has 3 heterocycles. The highest BCUT2D eigenvalue weighted by Crippen LogP contribution is 2.31. The van der Waals surface area contributed by atoms with E-state index in [1.54, 1.807) is 0 Å². The molecule has 4 rings (SSSR count). The van der Waals surface area contributed by atoms with Crippen molar-refractivity contribution in [1.82, 2.24) is 14.6 Å². The molecule has 0 radical (unpaired) electrons. The van der Waals surface area contributed by atoms with Gasteiger partial charge in [-0.05, 0) is 35.4 Å². The molecule has 0 unspecified atom stereocenters. The Hall–Kier alpha value is -2.42. The molecule has 1 aliphatic carbocycles. The Morgan fingerprint density at radius 2 is 2.11 bits per heavy atom. The van der Waals surface area contributed by atoms with Crippen molar-refractivity contribution < 1.29 is 0 Å². The van der Waals surface area contributed by atoms with Gasteiger partial charge in [0.2, 0.25) is 0 Å². The van der Waals surface area contributed by atoms with E-state index in [9.17, 15) is 0 Å². The van der Waals surface area contributed by atoms with Crippen LogP contribution in [0.1, 0.15) is 16.8 Å². The number of pyridine rings is 2. The Morgan fingerprint density at radius 3 is 3.11 bits per heavy atom. The number of rotatable bonds is 1. The lowest BCUT2D eigenvalue weighted by Gasteiger charge is -2.05. The fourth-order valence-corrected chi connectivity index (χ4v) is 2.52. The third-order valence-electron chi connectivity index (χ3n) is 3.39. The van der Waals surface area contributed by atoms with Crippen LogP contribution in [0, 0.1) is 0 Å². The monoisotopic (exact) mass is 233 g/mol. The van der Waals surface area contributed by atoms with E-state index in [0.717, 1.165) is 11.9 Å². The van der Waals surface area contributed by atoms with Gasteiger partial charge >= 0.3 is 0 Å². The van der Waals surface area contributed by atoms with Crippen LogP contribution >= 0.6 is 0 Å². The van der Waals surface area contributed by atoms with Crippen molar-refractivity contribution in [3.8, 4) is 0 Å². The van der Waals surface area contributed by atoms with E-state index in [-0.39, 0.29) is 0 Å². The number of hydrogen-bond acceptors (Lipinski definition) is 2. The molecule has 0 N–H and O–H groups in total. The second-order valence-corrected chi connectivity index (χ2v) is 4.44. The van der Waals surface area contributed by atoms with E-state index in [1.165, 1.54) is 22.4 Å². The highest BCUT2D eigenvalue weighted by molar-refractivity contribution is 5.85. The number of hydrogen-bond donors (Lipinski definition) is 0. The van der Waals surface area contributed by atoms with E-state index in [2.05, 4.69) is 34.4 Å². The number of fused-ring (bicyclic) bond motifs is 2. The summed E-state index contributed by atoms with van der Waals surface area (Å²) in [7, 11) is 0. The Kier molecular flexibility index (Phi) is 1.88. The summed E-state index contributed by atoms with van der Waals surface area (Å²) in [5.41, 5.74) is 6.05. The maximum atomic E-state index is 4.42. The van der Waals surface area contributed by atoms with Crippen LogP contribution < -0.4 is 0 Å². The molecule has 0 bridgehead atoms. The molecule has 0 aromatic carbocycles. The first-order valence-electron chi connectivity index (χ1n) is 6.00. The lowest BCUT2D eigenvalue weighted by molar-refractivity contribution is 0.960. The van der Waals surface area contributed by atoms with E-state index in [0.29, 0.717) is 0 Å². The summed E-state index contributed by atoms with van der Waals surface area (Å²) in [6, 6.07) is 10.4. The van der Waals surface area contributed by atoms with Gasteiger partial charge in [0.15, 0.2) is 0 Å². The molecule has 1 aliphatic rings. The number of nitrogens with zero attached hydrogens (tertiary/aromatic N) is 3. The van der Waals surface area contributed by atoms with Crippen molar-refractivity contribution in [2.24, 2.45) is 0 Å². The van der Waals surface area contributed by atoms with Crippen LogP contribution in [0.15, 0.2) is 55.0 Å². The van der Waals surface area contributed by atoms with Crippen molar-refractivity contribution in [2.75, 3.05) is 0 Å². The van der Waals surface area contributed by atoms with Crippen molar-refractivity contribution in [3.05, 3.63) is 71.8 Å². The summed E-state index contributed by atoms with van der Waals surface area (Å²) in [5.74, 6) is 0. The Labute approximate surface area is 104 Å². The predicted octanol–water partition coefficient (Wildman–Crippen LogP) is 2.72. The zero-order chi connectivity index (χ0) is 11.9. The zero-order valence-electron chi connectivity index (χ0n) is 9.74. The quantitative estimate of drug-likeness (QED) is 0.647. The second kappa shape index (κ2) is 3.53. The fraction of sp³-hybridized carbons (Fsp3) is 0.0667. The standard InChI is InChI=1S/C15H11N3/c1-2-14-13(3-4-15(14)16-7-1)11-6-9-18-12(10-11)5-8-17-18/h1-3,5-10H,4H2. The van der Waals surface area contributed by atoms with Crippen molar-refractivity contribution >= 4 is 11.1 Å². The topological polar surface area (TPSA) is 30.2 Å². The van der Waals surface area contributed by atoms with Crippen molar-refractivity contribution in [3.63, 3.8) is 0 Å². The predicted molar refractivity (Wildman–Crippen MR) is 70.2 cm³/mol. The van der Waals surface area contributed by atoms with Gasteiger partial charge < -0.3 is 0 Å². The molecule has 3 heteroatoms. The van der Waals surface area contributed by atoms with E-state index in [4.69, 9.17) is 0 Å². The summed E-state index contributed by atoms with van der Waals surface area (Å²) in [5, 5.41) is 4.22. The number of allylic oxidation sites excluding steroid dienone is 1. The van der Waals surface area contributed by atoms with Gasteiger partial charge in [-0.2, -0.15) is 5.10 Å². The normalized spacial score (nSPS) is 13.7. The van der Waals surface area contributed by atoms with Crippen LogP contribution in [-0.2, 0) is 6.42 Å². The highest BCUT2D eigenvalue weighted by Gasteiger charge is 2.16. The molecular weight excluding hydrogens is 222 g/mol. The molecule has 86 valence electrons. The van der Waals surface area contributed by atoms with E-state index >= 15 is 0 Å². The molecule has 0 aliphatic heterocycles. The summed E-state index contributed by atoms with van der Waals surface area (Å²) < 4.78 is 1.88. The molecule has 0 saturated heterocycles. The summed E-state index contributed by atoms with van der Waals surface area (Å²) in [6.07, 6.45) is 8.85. The maximum absolute atomic E-state index is 4.42. The lowest BCUT2D eigenvalue weighted by Crippen LogP contribution is -1.91. The molecule has 0 fully saturated rings. The van der Waals surface area contributed by atoms with Gasteiger partial charge in [0.25, 0.3) is 0 Å². The molecular formula is C15H11N3. The van der Waals surface area contributed by atoms with Gasteiger partial charge in [0.1, 0.15) is 0 Å². The first-order chi connectivity index (χ1) is 8.92. The molecule has 0 amide bonds. The van der Waals surface area contributed by atoms with E-state index < -0.39 is 0 Å². The average Bonchev–Trinajstić information content (AvgIpc) is 3.04. The largest absolute Gasteiger partial charge is 0.260 e.